The van der Waals surface area contributed by atoms with Crippen LogP contribution in [0.15, 0.2) is 84.9 Å². The zero-order chi connectivity index (χ0) is 21.4. The molecule has 156 valence electrons. The molecule has 2 atom stereocenters. The molecule has 6 nitrogen and oxygen atoms in total. The molecule has 0 spiro atoms. The molecule has 0 aromatic heterocycles. The van der Waals surface area contributed by atoms with Gasteiger partial charge in [0.1, 0.15) is 24.1 Å². The first kappa shape index (κ1) is 22.3. The number of hydrogen-bond donors (Lipinski definition) is 1. The molecule has 0 aliphatic carbocycles. The summed E-state index contributed by atoms with van der Waals surface area (Å²) in [5, 5.41) is 2.69. The molecule has 0 aliphatic rings. The van der Waals surface area contributed by atoms with Crippen LogP contribution in [0.25, 0.3) is 0 Å². The van der Waals surface area contributed by atoms with E-state index >= 15 is 0 Å². The van der Waals surface area contributed by atoms with Gasteiger partial charge < -0.3 is 13.8 Å². The number of halogens is 1. The van der Waals surface area contributed by atoms with Gasteiger partial charge in [0, 0.05) is 0 Å². The largest absolute Gasteiger partial charge is 0.513 e. The third-order valence-electron chi connectivity index (χ3n) is 3.95. The maximum absolute atomic E-state index is 13.5. The van der Waals surface area contributed by atoms with Crippen molar-refractivity contribution in [2.24, 2.45) is 0 Å². The van der Waals surface area contributed by atoms with Gasteiger partial charge in [-0.05, 0) is 59.3 Å². The molecule has 3 aromatic carbocycles. The molecule has 3 rings (SSSR count). The van der Waals surface area contributed by atoms with E-state index in [0.29, 0.717) is 11.5 Å². The number of ether oxygens (including phenoxy) is 1. The zero-order valence-corrected chi connectivity index (χ0v) is 19.3. The van der Waals surface area contributed by atoms with Gasteiger partial charge in [-0.1, -0.05) is 60.7 Å². The Morgan fingerprint density at radius 3 is 2.20 bits per heavy atom. The Bertz CT molecular complexity index is 1020. The summed E-state index contributed by atoms with van der Waals surface area (Å²) in [5.41, 5.74) is 0.858. The molecule has 0 bridgehead atoms. The topological polar surface area (TPSA) is 73.9 Å². The summed E-state index contributed by atoms with van der Waals surface area (Å²) in [5.74, 6) is 0.168. The normalized spacial score (nSPS) is 13.7. The standard InChI is InChI=1S/C22H21INO5P/c1-17(22(25)27-16-18-10-4-2-5-11-18)24-30(26,28-19-12-6-3-7-13-19)29-21-15-9-8-14-20(21)23/h2-15,17H,16H2,1H3,(H,24,26)/t17-,30?/m0/s1. The van der Waals surface area contributed by atoms with Crippen molar-refractivity contribution in [1.29, 1.82) is 0 Å². The van der Waals surface area contributed by atoms with Crippen molar-refractivity contribution in [1.82, 2.24) is 5.09 Å². The van der Waals surface area contributed by atoms with E-state index in [2.05, 4.69) is 27.7 Å². The summed E-state index contributed by atoms with van der Waals surface area (Å²) in [4.78, 5) is 12.4. The van der Waals surface area contributed by atoms with Crippen LogP contribution in [0, 0.1) is 3.57 Å². The minimum Gasteiger partial charge on any atom is -0.460 e. The molecule has 30 heavy (non-hydrogen) atoms. The Balaban J connectivity index is 1.73. The van der Waals surface area contributed by atoms with Gasteiger partial charge in [-0.15, -0.1) is 0 Å². The van der Waals surface area contributed by atoms with Crippen LogP contribution in [0.2, 0.25) is 0 Å². The lowest BCUT2D eigenvalue weighted by molar-refractivity contribution is -0.146. The third-order valence-corrected chi connectivity index (χ3v) is 6.44. The minimum absolute atomic E-state index is 0.118. The van der Waals surface area contributed by atoms with E-state index in [9.17, 15) is 9.36 Å². The molecule has 3 aromatic rings. The van der Waals surface area contributed by atoms with Crippen molar-refractivity contribution >= 4 is 36.3 Å². The third kappa shape index (κ3) is 6.58. The van der Waals surface area contributed by atoms with Crippen molar-refractivity contribution in [3.8, 4) is 11.5 Å². The quantitative estimate of drug-likeness (QED) is 0.218. The summed E-state index contributed by atoms with van der Waals surface area (Å²) in [7, 11) is -3.95. The van der Waals surface area contributed by atoms with Crippen LogP contribution in [0.3, 0.4) is 0 Å². The predicted molar refractivity (Wildman–Crippen MR) is 123 cm³/mol. The second-order valence-corrected chi connectivity index (χ2v) is 9.15. The Kier molecular flexibility index (Phi) is 7.90. The lowest BCUT2D eigenvalue weighted by atomic mass is 10.2. The van der Waals surface area contributed by atoms with Crippen LogP contribution in [0.4, 0.5) is 0 Å². The number of hydrogen-bond acceptors (Lipinski definition) is 5. The van der Waals surface area contributed by atoms with E-state index in [1.54, 1.807) is 43.3 Å². The average molecular weight is 537 g/mol. The van der Waals surface area contributed by atoms with E-state index in [1.807, 2.05) is 48.5 Å². The maximum atomic E-state index is 13.5. The molecule has 8 heteroatoms. The van der Waals surface area contributed by atoms with Gasteiger partial charge in [0.25, 0.3) is 0 Å². The Morgan fingerprint density at radius 2 is 1.53 bits per heavy atom. The number of rotatable bonds is 9. The Morgan fingerprint density at radius 1 is 0.933 bits per heavy atom. The SMILES string of the molecule is C[C@H](NP(=O)(Oc1ccccc1)Oc1ccccc1I)C(=O)OCc1ccccc1. The minimum atomic E-state index is -3.95. The fourth-order valence-electron chi connectivity index (χ4n) is 2.48. The average Bonchev–Trinajstić information content (AvgIpc) is 2.75. The smallest absolute Gasteiger partial charge is 0.460 e. The first-order valence-corrected chi connectivity index (χ1v) is 11.8. The van der Waals surface area contributed by atoms with Gasteiger partial charge >= 0.3 is 13.7 Å². The van der Waals surface area contributed by atoms with E-state index in [0.717, 1.165) is 9.13 Å². The molecule has 0 saturated heterocycles. The van der Waals surface area contributed by atoms with Crippen LogP contribution in [0.5, 0.6) is 11.5 Å². The van der Waals surface area contributed by atoms with Crippen LogP contribution in [-0.2, 0) is 20.7 Å². The van der Waals surface area contributed by atoms with Crippen LogP contribution < -0.4 is 14.1 Å². The van der Waals surface area contributed by atoms with Crippen LogP contribution in [0.1, 0.15) is 12.5 Å². The van der Waals surface area contributed by atoms with Crippen molar-refractivity contribution in [3.63, 3.8) is 0 Å². The molecular formula is C22H21INO5P. The lowest BCUT2D eigenvalue weighted by Crippen LogP contribution is -2.35. The predicted octanol–water partition coefficient (Wildman–Crippen LogP) is 5.58. The van der Waals surface area contributed by atoms with Crippen molar-refractivity contribution in [3.05, 3.63) is 94.1 Å². The van der Waals surface area contributed by atoms with Crippen LogP contribution in [-0.4, -0.2) is 12.0 Å². The van der Waals surface area contributed by atoms with Gasteiger partial charge in [0.15, 0.2) is 0 Å². The van der Waals surface area contributed by atoms with Crippen molar-refractivity contribution in [2.75, 3.05) is 0 Å². The van der Waals surface area contributed by atoms with E-state index in [-0.39, 0.29) is 6.61 Å². The monoisotopic (exact) mass is 537 g/mol. The van der Waals surface area contributed by atoms with Gasteiger partial charge in [0.05, 0.1) is 3.57 Å². The molecule has 0 aliphatic heterocycles. The van der Waals surface area contributed by atoms with Gasteiger partial charge in [-0.3, -0.25) is 4.79 Å². The molecule has 0 heterocycles. The number of benzene rings is 3. The number of nitrogens with one attached hydrogen (secondary N) is 1. The Hall–Kier alpha value is -2.35. The fourth-order valence-corrected chi connectivity index (χ4v) is 4.69. The highest BCUT2D eigenvalue weighted by molar-refractivity contribution is 14.1. The highest BCUT2D eigenvalue weighted by Crippen LogP contribution is 2.46. The number of carbonyl (C=O) groups excluding carboxylic acids is 1. The summed E-state index contributed by atoms with van der Waals surface area (Å²) >= 11 is 2.08. The Labute approximate surface area is 189 Å². The summed E-state index contributed by atoms with van der Waals surface area (Å²) < 4.78 is 31.0. The molecule has 0 saturated carbocycles. The zero-order valence-electron chi connectivity index (χ0n) is 16.2. The fraction of sp³-hybridized carbons (Fsp3) is 0.136. The molecule has 0 radical (unpaired) electrons. The highest BCUT2D eigenvalue weighted by Gasteiger charge is 2.34. The molecule has 0 fully saturated rings. The first-order valence-electron chi connectivity index (χ1n) is 9.22. The number of para-hydroxylation sites is 2. The molecule has 1 N–H and O–H groups in total. The van der Waals surface area contributed by atoms with Gasteiger partial charge in [-0.2, -0.15) is 5.09 Å². The highest BCUT2D eigenvalue weighted by atomic mass is 127. The molecular weight excluding hydrogens is 516 g/mol. The number of carbonyl (C=O) groups is 1. The number of esters is 1. The molecule has 1 unspecified atom stereocenters. The summed E-state index contributed by atoms with van der Waals surface area (Å²) in [6, 6.07) is 24.1. The van der Waals surface area contributed by atoms with Gasteiger partial charge in [-0.25, -0.2) is 4.57 Å². The van der Waals surface area contributed by atoms with E-state index in [1.165, 1.54) is 0 Å². The summed E-state index contributed by atoms with van der Waals surface area (Å²) in [6.07, 6.45) is 0. The first-order chi connectivity index (χ1) is 14.5. The second-order valence-electron chi connectivity index (χ2n) is 6.37. The van der Waals surface area contributed by atoms with Gasteiger partial charge in [0.2, 0.25) is 0 Å². The second kappa shape index (κ2) is 10.6. The van der Waals surface area contributed by atoms with Crippen molar-refractivity contribution in [2.45, 2.75) is 19.6 Å². The van der Waals surface area contributed by atoms with Crippen LogP contribution >= 0.6 is 30.3 Å². The lowest BCUT2D eigenvalue weighted by Gasteiger charge is -2.23. The van der Waals surface area contributed by atoms with E-state index in [4.69, 9.17) is 13.8 Å². The van der Waals surface area contributed by atoms with E-state index < -0.39 is 19.8 Å². The summed E-state index contributed by atoms with van der Waals surface area (Å²) in [6.45, 7) is 1.67. The molecule has 0 amide bonds. The van der Waals surface area contributed by atoms with Crippen molar-refractivity contribution < 1.29 is 23.1 Å². The maximum Gasteiger partial charge on any atom is 0.513 e.